The number of rotatable bonds is 38. The van der Waals surface area contributed by atoms with Crippen LogP contribution in [0.25, 0.3) is 0 Å². The van der Waals surface area contributed by atoms with Crippen molar-refractivity contribution in [3.63, 3.8) is 0 Å². The lowest BCUT2D eigenvalue weighted by molar-refractivity contribution is -0.298. The van der Waals surface area contributed by atoms with E-state index in [0.717, 1.165) is 38.5 Å². The molecule has 0 saturated carbocycles. The lowest BCUT2D eigenvalue weighted by Gasteiger charge is -2.41. The molecular formula is C43H83NO12S. The lowest BCUT2D eigenvalue weighted by atomic mass is 9.99. The Kier molecular flexibility index (Phi) is 32.6. The number of carbonyl (C=O) groups excluding carboxylic acids is 1. The average molecular weight is 838 g/mol. The topological polar surface area (TPSA) is 212 Å². The summed E-state index contributed by atoms with van der Waals surface area (Å²) < 4.78 is 47.4. The molecular weight excluding hydrogens is 755 g/mol. The van der Waals surface area contributed by atoms with E-state index in [0.29, 0.717) is 12.8 Å². The molecule has 14 heteroatoms. The van der Waals surface area contributed by atoms with Crippen molar-refractivity contribution >= 4 is 16.3 Å². The van der Waals surface area contributed by atoms with Crippen LogP contribution in [0.15, 0.2) is 12.2 Å². The third kappa shape index (κ3) is 27.3. The normalized spacial score (nSPS) is 21.9. The summed E-state index contributed by atoms with van der Waals surface area (Å²) in [6.45, 7) is 3.21. The SMILES string of the molecule is CCCCCCCCCCCCCCC/C=C/C(O)C(COC1OC(CO)C(O)C(OS(=O)(=O)O)C1O)NC(=O)C(O)CCCCCCCCCCCCCCC. The highest BCUT2D eigenvalue weighted by atomic mass is 32.3. The van der Waals surface area contributed by atoms with E-state index in [4.69, 9.17) is 14.0 Å². The van der Waals surface area contributed by atoms with E-state index in [9.17, 15) is 38.7 Å². The van der Waals surface area contributed by atoms with Crippen molar-refractivity contribution in [1.29, 1.82) is 0 Å². The summed E-state index contributed by atoms with van der Waals surface area (Å²) in [7, 11) is -5.11. The van der Waals surface area contributed by atoms with E-state index >= 15 is 0 Å². The second kappa shape index (κ2) is 34.5. The Balaban J connectivity index is 2.61. The van der Waals surface area contributed by atoms with Crippen LogP contribution in [0.5, 0.6) is 0 Å². The van der Waals surface area contributed by atoms with Crippen LogP contribution in [0.1, 0.15) is 194 Å². The maximum atomic E-state index is 13.1. The van der Waals surface area contributed by atoms with Gasteiger partial charge in [-0.2, -0.15) is 8.42 Å². The van der Waals surface area contributed by atoms with E-state index in [-0.39, 0.29) is 6.42 Å². The number of ether oxygens (including phenoxy) is 2. The second-order valence-corrected chi connectivity index (χ2v) is 17.2. The molecule has 7 N–H and O–H groups in total. The Labute approximate surface area is 345 Å². The summed E-state index contributed by atoms with van der Waals surface area (Å²) in [4.78, 5) is 13.1. The first-order valence-electron chi connectivity index (χ1n) is 22.7. The number of allylic oxidation sites excluding steroid dienone is 1. The van der Waals surface area contributed by atoms with Crippen LogP contribution >= 0.6 is 0 Å². The predicted octanol–water partition coefficient (Wildman–Crippen LogP) is 7.36. The molecule has 1 amide bonds. The fraction of sp³-hybridized carbons (Fsp3) is 0.930. The molecule has 57 heavy (non-hydrogen) atoms. The molecule has 0 aliphatic carbocycles. The van der Waals surface area contributed by atoms with Crippen LogP contribution in [0.2, 0.25) is 0 Å². The Morgan fingerprint density at radius 3 is 1.58 bits per heavy atom. The molecule has 8 atom stereocenters. The van der Waals surface area contributed by atoms with Crippen molar-refractivity contribution in [2.45, 2.75) is 243 Å². The number of carbonyl (C=O) groups is 1. The summed E-state index contributed by atoms with van der Waals surface area (Å²) >= 11 is 0. The van der Waals surface area contributed by atoms with Gasteiger partial charge in [-0.25, -0.2) is 4.18 Å². The Morgan fingerprint density at radius 1 is 0.702 bits per heavy atom. The number of amides is 1. The highest BCUT2D eigenvalue weighted by molar-refractivity contribution is 7.80. The first-order valence-corrected chi connectivity index (χ1v) is 24.0. The molecule has 1 aliphatic heterocycles. The minimum absolute atomic E-state index is 0.247. The van der Waals surface area contributed by atoms with Crippen molar-refractivity contribution in [3.05, 3.63) is 12.2 Å². The minimum atomic E-state index is -5.11. The predicted molar refractivity (Wildman–Crippen MR) is 224 cm³/mol. The van der Waals surface area contributed by atoms with Gasteiger partial charge in [-0.05, 0) is 19.3 Å². The fourth-order valence-corrected chi connectivity index (χ4v) is 7.79. The molecule has 0 bridgehead atoms. The first kappa shape index (κ1) is 53.8. The van der Waals surface area contributed by atoms with E-state index in [2.05, 4.69) is 23.3 Å². The van der Waals surface area contributed by atoms with Crippen LogP contribution in [-0.4, -0.2) is 107 Å². The standard InChI is InChI=1S/C43H83NO12S/c1-3-5-7-9-11-13-15-17-18-20-21-23-25-27-29-31-36(46)35(34-54-43-40(49)41(56-57(51,52)53)39(48)38(33-45)55-43)44-42(50)37(47)32-30-28-26-24-22-19-16-14-12-10-8-6-4-2/h29,31,35-41,43,45-49H,3-28,30,32-34H2,1-2H3,(H,44,50)(H,51,52,53)/b31-29+. The molecule has 1 fully saturated rings. The van der Waals surface area contributed by atoms with Gasteiger partial charge < -0.3 is 40.3 Å². The van der Waals surface area contributed by atoms with Gasteiger partial charge in [0.1, 0.15) is 30.5 Å². The van der Waals surface area contributed by atoms with Crippen molar-refractivity contribution in [2.24, 2.45) is 0 Å². The summed E-state index contributed by atoms with van der Waals surface area (Å²) in [5.74, 6) is -0.701. The molecule has 0 aromatic rings. The van der Waals surface area contributed by atoms with Crippen LogP contribution in [0.3, 0.4) is 0 Å². The molecule has 1 aliphatic rings. The van der Waals surface area contributed by atoms with Crippen molar-refractivity contribution in [2.75, 3.05) is 13.2 Å². The number of hydrogen-bond donors (Lipinski definition) is 7. The van der Waals surface area contributed by atoms with E-state index in [1.165, 1.54) is 128 Å². The van der Waals surface area contributed by atoms with Crippen LogP contribution < -0.4 is 5.32 Å². The number of unbranched alkanes of at least 4 members (excludes halogenated alkanes) is 25. The number of nitrogens with one attached hydrogen (secondary N) is 1. The van der Waals surface area contributed by atoms with Gasteiger partial charge in [-0.15, -0.1) is 0 Å². The third-order valence-electron chi connectivity index (χ3n) is 10.9. The van der Waals surface area contributed by atoms with E-state index in [1.807, 2.05) is 6.08 Å². The Morgan fingerprint density at radius 2 is 1.14 bits per heavy atom. The second-order valence-electron chi connectivity index (χ2n) is 16.1. The monoisotopic (exact) mass is 838 g/mol. The maximum Gasteiger partial charge on any atom is 0.397 e. The maximum absolute atomic E-state index is 13.1. The van der Waals surface area contributed by atoms with Gasteiger partial charge in [0.15, 0.2) is 6.29 Å². The summed E-state index contributed by atoms with van der Waals surface area (Å²) in [6, 6.07) is -1.11. The molecule has 1 heterocycles. The van der Waals surface area contributed by atoms with E-state index in [1.54, 1.807) is 0 Å². The summed E-state index contributed by atoms with van der Waals surface area (Å²) in [5, 5.41) is 55.1. The molecule has 8 unspecified atom stereocenters. The fourth-order valence-electron chi connectivity index (χ4n) is 7.28. The van der Waals surface area contributed by atoms with Crippen molar-refractivity contribution < 1.29 is 57.0 Å². The minimum Gasteiger partial charge on any atom is -0.394 e. The Bertz CT molecular complexity index is 1100. The van der Waals surface area contributed by atoms with Gasteiger partial charge in [-0.3, -0.25) is 9.35 Å². The van der Waals surface area contributed by atoms with Crippen molar-refractivity contribution in [1.82, 2.24) is 5.32 Å². The largest absolute Gasteiger partial charge is 0.397 e. The van der Waals surface area contributed by atoms with Crippen molar-refractivity contribution in [3.8, 4) is 0 Å². The zero-order valence-corrected chi connectivity index (χ0v) is 36.3. The molecule has 13 nitrogen and oxygen atoms in total. The lowest BCUT2D eigenvalue weighted by Crippen LogP contribution is -2.61. The van der Waals surface area contributed by atoms with Crippen LogP contribution in [-0.2, 0) is 28.9 Å². The van der Waals surface area contributed by atoms with Gasteiger partial charge in [0, 0.05) is 0 Å². The van der Waals surface area contributed by atoms with Gasteiger partial charge in [0.2, 0.25) is 5.91 Å². The smallest absolute Gasteiger partial charge is 0.394 e. The highest BCUT2D eigenvalue weighted by Gasteiger charge is 2.48. The molecule has 1 saturated heterocycles. The summed E-state index contributed by atoms with van der Waals surface area (Å²) in [5.41, 5.74) is 0. The van der Waals surface area contributed by atoms with Gasteiger partial charge in [-0.1, -0.05) is 187 Å². The molecule has 0 radical (unpaired) electrons. The molecule has 0 aromatic carbocycles. The molecule has 0 aromatic heterocycles. The molecule has 0 spiro atoms. The third-order valence-corrected chi connectivity index (χ3v) is 11.4. The highest BCUT2D eigenvalue weighted by Crippen LogP contribution is 2.26. The Hall–Kier alpha value is -1.20. The first-order chi connectivity index (χ1) is 27.4. The number of hydrogen-bond acceptors (Lipinski definition) is 11. The van der Waals surface area contributed by atoms with Gasteiger partial charge in [0.25, 0.3) is 0 Å². The average Bonchev–Trinajstić information content (AvgIpc) is 3.18. The quantitative estimate of drug-likeness (QED) is 0.0185. The zero-order chi connectivity index (χ0) is 42.2. The van der Waals surface area contributed by atoms with Crippen LogP contribution in [0.4, 0.5) is 0 Å². The van der Waals surface area contributed by atoms with Gasteiger partial charge >= 0.3 is 10.4 Å². The molecule has 1 rings (SSSR count). The molecule has 338 valence electrons. The number of aliphatic hydroxyl groups excluding tert-OH is 5. The zero-order valence-electron chi connectivity index (χ0n) is 35.5. The van der Waals surface area contributed by atoms with Crippen LogP contribution in [0, 0.1) is 0 Å². The van der Waals surface area contributed by atoms with E-state index < -0.39 is 78.5 Å². The number of aliphatic hydroxyl groups is 5. The summed E-state index contributed by atoms with van der Waals surface area (Å²) in [6.07, 6.45) is 24.3. The van der Waals surface area contributed by atoms with Gasteiger partial charge in [0.05, 0.1) is 25.4 Å².